The number of Topliss-reactive ketones (excluding diaryl/α,β-unsaturated/α-hetero) is 1. The number of benzene rings is 2. The highest BCUT2D eigenvalue weighted by atomic mass is 35.5. The third kappa shape index (κ3) is 4.01. The van der Waals surface area contributed by atoms with Crippen LogP contribution in [-0.2, 0) is 9.59 Å². The van der Waals surface area contributed by atoms with Crippen LogP contribution in [0.1, 0.15) is 37.0 Å². The monoisotopic (exact) mass is 451 g/mol. The van der Waals surface area contributed by atoms with Gasteiger partial charge in [0.25, 0.3) is 11.7 Å². The SMILES string of the molecule is Cc1ccc(C2/C(=C(/O)c3cccc(OC(C)C)c3)C(=O)C(=O)N2c2cccc(Cl)c2)o1. The van der Waals surface area contributed by atoms with E-state index < -0.39 is 17.7 Å². The van der Waals surface area contributed by atoms with Gasteiger partial charge in [0.2, 0.25) is 0 Å². The van der Waals surface area contributed by atoms with E-state index in [-0.39, 0.29) is 17.4 Å². The zero-order valence-corrected chi connectivity index (χ0v) is 18.6. The first-order valence-electron chi connectivity index (χ1n) is 10.2. The Balaban J connectivity index is 1.90. The lowest BCUT2D eigenvalue weighted by Crippen LogP contribution is -2.29. The van der Waals surface area contributed by atoms with Gasteiger partial charge < -0.3 is 14.3 Å². The predicted molar refractivity (Wildman–Crippen MR) is 122 cm³/mol. The molecule has 0 radical (unpaired) electrons. The van der Waals surface area contributed by atoms with Crippen LogP contribution in [0.25, 0.3) is 5.76 Å². The Morgan fingerprint density at radius 3 is 2.50 bits per heavy atom. The number of aliphatic hydroxyl groups is 1. The van der Waals surface area contributed by atoms with E-state index in [1.54, 1.807) is 67.6 Å². The van der Waals surface area contributed by atoms with Gasteiger partial charge in [-0.05, 0) is 63.2 Å². The summed E-state index contributed by atoms with van der Waals surface area (Å²) in [6, 6.07) is 15.9. The molecule has 1 aliphatic rings. The number of ether oxygens (including phenoxy) is 1. The molecular formula is C25H22ClNO5. The molecule has 1 unspecified atom stereocenters. The summed E-state index contributed by atoms with van der Waals surface area (Å²) >= 11 is 6.14. The Hall–Kier alpha value is -3.51. The maximum Gasteiger partial charge on any atom is 0.300 e. The second-order valence-corrected chi connectivity index (χ2v) is 8.23. The quantitative estimate of drug-likeness (QED) is 0.308. The van der Waals surface area contributed by atoms with Crippen molar-refractivity contribution in [1.82, 2.24) is 0 Å². The number of hydrogen-bond donors (Lipinski definition) is 1. The summed E-state index contributed by atoms with van der Waals surface area (Å²) in [5.74, 6) is -0.374. The Morgan fingerprint density at radius 1 is 1.09 bits per heavy atom. The summed E-state index contributed by atoms with van der Waals surface area (Å²) in [5, 5.41) is 11.6. The average Bonchev–Trinajstić information content (AvgIpc) is 3.28. The summed E-state index contributed by atoms with van der Waals surface area (Å²) in [4.78, 5) is 27.5. The minimum Gasteiger partial charge on any atom is -0.507 e. The molecule has 0 aliphatic carbocycles. The van der Waals surface area contributed by atoms with E-state index in [1.807, 2.05) is 13.8 Å². The Labute approximate surface area is 190 Å². The number of aliphatic hydroxyl groups excluding tert-OH is 1. The highest BCUT2D eigenvalue weighted by Gasteiger charge is 2.48. The van der Waals surface area contributed by atoms with Gasteiger partial charge in [0.05, 0.1) is 11.7 Å². The molecule has 1 saturated heterocycles. The van der Waals surface area contributed by atoms with Gasteiger partial charge in [0.1, 0.15) is 29.1 Å². The van der Waals surface area contributed by atoms with Crippen molar-refractivity contribution in [1.29, 1.82) is 0 Å². The number of aryl methyl sites for hydroxylation is 1. The van der Waals surface area contributed by atoms with Gasteiger partial charge in [-0.1, -0.05) is 29.8 Å². The van der Waals surface area contributed by atoms with E-state index in [0.29, 0.717) is 33.5 Å². The summed E-state index contributed by atoms with van der Waals surface area (Å²) < 4.78 is 11.5. The minimum absolute atomic E-state index is 0.0631. The molecule has 1 atom stereocenters. The molecule has 1 fully saturated rings. The summed E-state index contributed by atoms with van der Waals surface area (Å²) in [7, 11) is 0. The Kier molecular flexibility index (Phi) is 5.80. The van der Waals surface area contributed by atoms with E-state index in [2.05, 4.69) is 0 Å². The van der Waals surface area contributed by atoms with E-state index in [4.69, 9.17) is 20.8 Å². The fourth-order valence-electron chi connectivity index (χ4n) is 3.74. The molecule has 7 heteroatoms. The van der Waals surface area contributed by atoms with E-state index in [1.165, 1.54) is 4.90 Å². The van der Waals surface area contributed by atoms with Crippen molar-refractivity contribution in [3.05, 3.63) is 88.3 Å². The van der Waals surface area contributed by atoms with Crippen molar-refractivity contribution in [3.63, 3.8) is 0 Å². The van der Waals surface area contributed by atoms with Crippen LogP contribution in [0.4, 0.5) is 5.69 Å². The molecule has 4 rings (SSSR count). The van der Waals surface area contributed by atoms with E-state index in [9.17, 15) is 14.7 Å². The van der Waals surface area contributed by atoms with Crippen LogP contribution in [0.5, 0.6) is 5.75 Å². The number of halogens is 1. The first kappa shape index (κ1) is 21.7. The van der Waals surface area contributed by atoms with Crippen LogP contribution in [0, 0.1) is 6.92 Å². The smallest absolute Gasteiger partial charge is 0.300 e. The lowest BCUT2D eigenvalue weighted by molar-refractivity contribution is -0.132. The predicted octanol–water partition coefficient (Wildman–Crippen LogP) is 5.65. The molecule has 0 bridgehead atoms. The maximum absolute atomic E-state index is 13.1. The second kappa shape index (κ2) is 8.55. The molecular weight excluding hydrogens is 430 g/mol. The van der Waals surface area contributed by atoms with Crippen molar-refractivity contribution >= 4 is 34.7 Å². The number of amides is 1. The van der Waals surface area contributed by atoms with Crippen LogP contribution >= 0.6 is 11.6 Å². The molecule has 0 spiro atoms. The van der Waals surface area contributed by atoms with Crippen LogP contribution in [-0.4, -0.2) is 22.9 Å². The number of nitrogens with zero attached hydrogens (tertiary/aromatic N) is 1. The summed E-state index contributed by atoms with van der Waals surface area (Å²) in [6.07, 6.45) is -0.0631. The van der Waals surface area contributed by atoms with E-state index >= 15 is 0 Å². The highest BCUT2D eigenvalue weighted by Crippen LogP contribution is 2.43. The number of rotatable bonds is 5. The first-order valence-corrected chi connectivity index (χ1v) is 10.5. The molecule has 1 N–H and O–H groups in total. The minimum atomic E-state index is -0.947. The first-order chi connectivity index (χ1) is 15.3. The Morgan fingerprint density at radius 2 is 1.84 bits per heavy atom. The number of hydrogen-bond acceptors (Lipinski definition) is 5. The van der Waals surface area contributed by atoms with Crippen LogP contribution in [0.3, 0.4) is 0 Å². The average molecular weight is 452 g/mol. The van der Waals surface area contributed by atoms with Crippen LogP contribution in [0.15, 0.2) is 70.7 Å². The zero-order valence-electron chi connectivity index (χ0n) is 17.8. The fourth-order valence-corrected chi connectivity index (χ4v) is 3.92. The van der Waals surface area contributed by atoms with Gasteiger partial charge in [-0.25, -0.2) is 0 Å². The number of ketones is 1. The molecule has 32 heavy (non-hydrogen) atoms. The fraction of sp³-hybridized carbons (Fsp3) is 0.200. The van der Waals surface area contributed by atoms with Crippen LogP contribution in [0.2, 0.25) is 5.02 Å². The van der Waals surface area contributed by atoms with Crippen molar-refractivity contribution < 1.29 is 23.8 Å². The molecule has 3 aromatic rings. The second-order valence-electron chi connectivity index (χ2n) is 7.79. The van der Waals surface area contributed by atoms with Crippen molar-refractivity contribution in [2.75, 3.05) is 4.90 Å². The third-order valence-corrected chi connectivity index (χ3v) is 5.28. The van der Waals surface area contributed by atoms with Crippen molar-refractivity contribution in [2.24, 2.45) is 0 Å². The number of carbonyl (C=O) groups is 2. The van der Waals surface area contributed by atoms with Crippen molar-refractivity contribution in [3.8, 4) is 5.75 Å². The summed E-state index contributed by atoms with van der Waals surface area (Å²) in [5.41, 5.74) is 0.723. The number of anilines is 1. The molecule has 164 valence electrons. The highest BCUT2D eigenvalue weighted by molar-refractivity contribution is 6.51. The maximum atomic E-state index is 13.1. The molecule has 1 aliphatic heterocycles. The zero-order chi connectivity index (χ0) is 23.0. The lowest BCUT2D eigenvalue weighted by atomic mass is 9.99. The van der Waals surface area contributed by atoms with Crippen molar-refractivity contribution in [2.45, 2.75) is 32.9 Å². The normalized spacial score (nSPS) is 17.9. The molecule has 6 nitrogen and oxygen atoms in total. The van der Waals surface area contributed by atoms with Gasteiger partial charge in [-0.15, -0.1) is 0 Å². The van der Waals surface area contributed by atoms with Gasteiger partial charge >= 0.3 is 0 Å². The van der Waals surface area contributed by atoms with Gasteiger partial charge in [-0.3, -0.25) is 14.5 Å². The van der Waals surface area contributed by atoms with Gasteiger partial charge in [-0.2, -0.15) is 0 Å². The topological polar surface area (TPSA) is 80.0 Å². The van der Waals surface area contributed by atoms with Crippen LogP contribution < -0.4 is 9.64 Å². The molecule has 2 heterocycles. The molecule has 2 aromatic carbocycles. The largest absolute Gasteiger partial charge is 0.507 e. The van der Waals surface area contributed by atoms with E-state index in [0.717, 1.165) is 0 Å². The summed E-state index contributed by atoms with van der Waals surface area (Å²) in [6.45, 7) is 5.55. The van der Waals surface area contributed by atoms with Gasteiger partial charge in [0.15, 0.2) is 0 Å². The third-order valence-electron chi connectivity index (χ3n) is 5.04. The molecule has 0 saturated carbocycles. The molecule has 1 amide bonds. The number of furan rings is 1. The molecule has 1 aromatic heterocycles. The number of carbonyl (C=O) groups excluding carboxylic acids is 2. The Bertz CT molecular complexity index is 1230. The standard InChI is InChI=1S/C25H22ClNO5/c1-14(2)31-19-9-4-6-16(12-19)23(28)21-22(20-11-10-15(3)32-20)27(25(30)24(21)29)18-8-5-7-17(26)13-18/h4-14,22,28H,1-3H3/b23-21-. The van der Waals surface area contributed by atoms with Gasteiger partial charge in [0, 0.05) is 16.3 Å². The lowest BCUT2D eigenvalue weighted by Gasteiger charge is -2.23.